The van der Waals surface area contributed by atoms with Crippen LogP contribution in [0, 0.1) is 5.41 Å². The highest BCUT2D eigenvalue weighted by atomic mass is 32.2. The molecule has 5 N–H and O–H groups in total. The van der Waals surface area contributed by atoms with Crippen molar-refractivity contribution in [3.05, 3.63) is 59.2 Å². The van der Waals surface area contributed by atoms with E-state index >= 15 is 0 Å². The number of thioether (sulfide) groups is 1. The van der Waals surface area contributed by atoms with Crippen molar-refractivity contribution in [1.29, 1.82) is 0 Å². The van der Waals surface area contributed by atoms with E-state index in [9.17, 15) is 14.7 Å². The van der Waals surface area contributed by atoms with Gasteiger partial charge in [0.25, 0.3) is 0 Å². The first-order chi connectivity index (χ1) is 17.6. The van der Waals surface area contributed by atoms with Gasteiger partial charge < -0.3 is 26.0 Å². The van der Waals surface area contributed by atoms with Crippen molar-refractivity contribution in [2.45, 2.75) is 76.4 Å². The van der Waals surface area contributed by atoms with E-state index in [1.807, 2.05) is 36.4 Å². The Morgan fingerprint density at radius 2 is 1.86 bits per heavy atom. The summed E-state index contributed by atoms with van der Waals surface area (Å²) < 4.78 is 5.71. The van der Waals surface area contributed by atoms with Gasteiger partial charge in [0, 0.05) is 35.2 Å². The lowest BCUT2D eigenvalue weighted by Crippen LogP contribution is -2.34. The van der Waals surface area contributed by atoms with E-state index in [1.165, 1.54) is 6.42 Å². The quantitative estimate of drug-likeness (QED) is 0.212. The molecule has 204 valence electrons. The van der Waals surface area contributed by atoms with Crippen LogP contribution in [0.15, 0.2) is 47.4 Å². The normalized spacial score (nSPS) is 13.2. The number of Topliss-reactive ketones (excluding diaryl/α,β-unsaturated/α-hetero) is 1. The third-order valence-electron chi connectivity index (χ3n) is 6.38. The Labute approximate surface area is 225 Å². The third-order valence-corrected chi connectivity index (χ3v) is 7.98. The number of hydrogen-bond acceptors (Lipinski definition) is 7. The molecule has 0 aromatic heterocycles. The largest absolute Gasteiger partial charge is 0.496 e. The van der Waals surface area contributed by atoms with Crippen molar-refractivity contribution in [1.82, 2.24) is 5.32 Å². The maximum Gasteiger partial charge on any atom is 0.304 e. The first-order valence-electron chi connectivity index (χ1n) is 12.8. The van der Waals surface area contributed by atoms with Crippen molar-refractivity contribution in [2.75, 3.05) is 19.5 Å². The zero-order chi connectivity index (χ0) is 27.4. The van der Waals surface area contributed by atoms with Crippen LogP contribution < -0.4 is 15.8 Å². The number of hydrogen-bond donors (Lipinski definition) is 4. The molecule has 0 saturated heterocycles. The SMILES string of the molecule is CCCCC(C)(C)CSc1cc(CNC(CC(=O)O)CC(=O)CO)c(OC)cc1C(N)c1ccccc1. The molecule has 37 heavy (non-hydrogen) atoms. The number of carboxylic acids is 1. The molecule has 7 nitrogen and oxygen atoms in total. The number of rotatable bonds is 17. The number of ether oxygens (including phenoxy) is 1. The van der Waals surface area contributed by atoms with Crippen molar-refractivity contribution in [2.24, 2.45) is 11.1 Å². The van der Waals surface area contributed by atoms with Crippen molar-refractivity contribution >= 4 is 23.5 Å². The first-order valence-corrected chi connectivity index (χ1v) is 13.8. The Bertz CT molecular complexity index is 1010. The number of aliphatic carboxylic acids is 1. The minimum absolute atomic E-state index is 0.0602. The molecule has 0 heterocycles. The summed E-state index contributed by atoms with van der Waals surface area (Å²) in [6.07, 6.45) is 3.19. The van der Waals surface area contributed by atoms with Crippen LogP contribution in [0.5, 0.6) is 5.75 Å². The Kier molecular flexibility index (Phi) is 12.6. The highest BCUT2D eigenvalue weighted by Crippen LogP contribution is 2.39. The Morgan fingerprint density at radius 3 is 2.46 bits per heavy atom. The molecule has 2 aromatic rings. The van der Waals surface area contributed by atoms with Crippen LogP contribution in [-0.4, -0.2) is 47.5 Å². The van der Waals surface area contributed by atoms with Crippen LogP contribution >= 0.6 is 11.8 Å². The topological polar surface area (TPSA) is 122 Å². The maximum atomic E-state index is 11.8. The fourth-order valence-electron chi connectivity index (χ4n) is 4.18. The number of carbonyl (C=O) groups is 2. The summed E-state index contributed by atoms with van der Waals surface area (Å²) in [7, 11) is 1.60. The molecular formula is C29H42N2O5S. The van der Waals surface area contributed by atoms with Gasteiger partial charge in [0.2, 0.25) is 0 Å². The summed E-state index contributed by atoms with van der Waals surface area (Å²) in [5, 5.41) is 21.6. The van der Waals surface area contributed by atoms with Crippen LogP contribution in [-0.2, 0) is 16.1 Å². The number of carboxylic acid groups (broad SMARTS) is 1. The zero-order valence-corrected chi connectivity index (χ0v) is 23.3. The average molecular weight is 531 g/mol. The molecule has 0 aliphatic carbocycles. The molecule has 0 fully saturated rings. The molecule has 0 amide bonds. The summed E-state index contributed by atoms with van der Waals surface area (Å²) in [5.74, 6) is 0.157. The first kappa shape index (κ1) is 30.8. The third kappa shape index (κ3) is 10.1. The van der Waals surface area contributed by atoms with E-state index in [2.05, 4.69) is 32.2 Å². The highest BCUT2D eigenvalue weighted by molar-refractivity contribution is 7.99. The van der Waals surface area contributed by atoms with Gasteiger partial charge in [-0.05, 0) is 35.1 Å². The van der Waals surface area contributed by atoms with Gasteiger partial charge in [-0.25, -0.2) is 0 Å². The summed E-state index contributed by atoms with van der Waals surface area (Å²) in [5.41, 5.74) is 9.74. The molecule has 0 saturated carbocycles. The number of carbonyl (C=O) groups excluding carboxylic acids is 1. The minimum Gasteiger partial charge on any atom is -0.496 e. The standard InChI is InChI=1S/C29H42N2O5S/c1-5-6-12-29(2,3)19-37-26-13-21(17-31-22(15-27(34)35)14-23(33)18-32)25(36-4)16-24(26)28(30)20-10-8-7-9-11-20/h7-11,13,16,22,28,31-32H,5-6,12,14-15,17-19,30H2,1-4H3,(H,34,35). The van der Waals surface area contributed by atoms with Crippen LogP contribution in [0.25, 0.3) is 0 Å². The van der Waals surface area contributed by atoms with Crippen LogP contribution in [0.1, 0.15) is 75.6 Å². The second kappa shape index (κ2) is 15.1. The van der Waals surface area contributed by atoms with E-state index in [4.69, 9.17) is 15.6 Å². The van der Waals surface area contributed by atoms with Crippen LogP contribution in [0.2, 0.25) is 0 Å². The molecule has 8 heteroatoms. The van der Waals surface area contributed by atoms with Gasteiger partial charge in [-0.3, -0.25) is 9.59 Å². The zero-order valence-electron chi connectivity index (χ0n) is 22.5. The molecule has 2 unspecified atom stereocenters. The van der Waals surface area contributed by atoms with E-state index in [-0.39, 0.29) is 24.3 Å². The number of aliphatic hydroxyl groups is 1. The van der Waals surface area contributed by atoms with Gasteiger partial charge in [0.15, 0.2) is 5.78 Å². The van der Waals surface area contributed by atoms with Gasteiger partial charge in [-0.15, -0.1) is 11.8 Å². The number of benzene rings is 2. The second-order valence-electron chi connectivity index (χ2n) is 10.2. The summed E-state index contributed by atoms with van der Waals surface area (Å²) in [6.45, 7) is 6.48. The number of nitrogens with two attached hydrogens (primary N) is 1. The summed E-state index contributed by atoms with van der Waals surface area (Å²) in [4.78, 5) is 24.2. The monoisotopic (exact) mass is 530 g/mol. The highest BCUT2D eigenvalue weighted by Gasteiger charge is 2.23. The maximum absolute atomic E-state index is 11.8. The molecular weight excluding hydrogens is 488 g/mol. The van der Waals surface area contributed by atoms with Crippen molar-refractivity contribution in [3.63, 3.8) is 0 Å². The lowest BCUT2D eigenvalue weighted by atomic mass is 9.90. The number of methoxy groups -OCH3 is 1. The van der Waals surface area contributed by atoms with Gasteiger partial charge in [0.05, 0.1) is 19.6 Å². The average Bonchev–Trinajstić information content (AvgIpc) is 2.88. The van der Waals surface area contributed by atoms with E-state index < -0.39 is 24.4 Å². The van der Waals surface area contributed by atoms with E-state index in [0.29, 0.717) is 12.3 Å². The molecule has 0 bridgehead atoms. The number of unbranched alkanes of at least 4 members (excludes halogenated alkanes) is 1. The molecule has 0 radical (unpaired) electrons. The van der Waals surface area contributed by atoms with Gasteiger partial charge >= 0.3 is 5.97 Å². The van der Waals surface area contributed by atoms with Gasteiger partial charge in [-0.2, -0.15) is 0 Å². The Morgan fingerprint density at radius 1 is 1.16 bits per heavy atom. The molecule has 0 aliphatic rings. The molecule has 2 aromatic carbocycles. The van der Waals surface area contributed by atoms with E-state index in [0.717, 1.165) is 40.2 Å². The minimum atomic E-state index is -1.01. The number of aliphatic hydroxyl groups excluding tert-OH is 1. The summed E-state index contributed by atoms with van der Waals surface area (Å²) in [6, 6.07) is 13.0. The van der Waals surface area contributed by atoms with Crippen molar-refractivity contribution in [3.8, 4) is 5.75 Å². The Balaban J connectivity index is 2.39. The van der Waals surface area contributed by atoms with Crippen LogP contribution in [0.4, 0.5) is 0 Å². The van der Waals surface area contributed by atoms with Crippen LogP contribution in [0.3, 0.4) is 0 Å². The fourth-order valence-corrected chi connectivity index (χ4v) is 5.44. The van der Waals surface area contributed by atoms with Gasteiger partial charge in [-0.1, -0.05) is 63.9 Å². The molecule has 0 aliphatic heterocycles. The molecule has 2 atom stereocenters. The Hall–Kier alpha value is -2.39. The molecule has 2 rings (SSSR count). The lowest BCUT2D eigenvalue weighted by Gasteiger charge is -2.26. The lowest BCUT2D eigenvalue weighted by molar-refractivity contribution is -0.137. The number of nitrogens with one attached hydrogen (secondary N) is 1. The predicted molar refractivity (Wildman–Crippen MR) is 149 cm³/mol. The molecule has 0 spiro atoms. The van der Waals surface area contributed by atoms with Crippen molar-refractivity contribution < 1.29 is 24.5 Å². The van der Waals surface area contributed by atoms with Gasteiger partial charge in [0.1, 0.15) is 12.4 Å². The summed E-state index contributed by atoms with van der Waals surface area (Å²) >= 11 is 1.78. The second-order valence-corrected chi connectivity index (χ2v) is 11.2. The fraction of sp³-hybridized carbons (Fsp3) is 0.517. The smallest absolute Gasteiger partial charge is 0.304 e. The van der Waals surface area contributed by atoms with E-state index in [1.54, 1.807) is 18.9 Å². The predicted octanol–water partition coefficient (Wildman–Crippen LogP) is 4.94. The number of ketones is 1.